The lowest BCUT2D eigenvalue weighted by molar-refractivity contribution is 0.340. The number of hydrogen-bond donors (Lipinski definition) is 0. The van der Waals surface area contributed by atoms with E-state index in [2.05, 4.69) is 115 Å². The summed E-state index contributed by atoms with van der Waals surface area (Å²) >= 11 is 0. The molecule has 4 rings (SSSR count). The first-order valence-corrected chi connectivity index (χ1v) is 11.4. The van der Waals surface area contributed by atoms with E-state index >= 15 is 0 Å². The third kappa shape index (κ3) is 3.35. The van der Waals surface area contributed by atoms with E-state index in [0.29, 0.717) is 6.61 Å². The zero-order valence-corrected chi connectivity index (χ0v) is 16.9. The van der Waals surface area contributed by atoms with Gasteiger partial charge >= 0.3 is 0 Å². The van der Waals surface area contributed by atoms with E-state index in [0.717, 1.165) is 5.75 Å². The highest BCUT2D eigenvalue weighted by Gasteiger charge is 2.47. The van der Waals surface area contributed by atoms with Crippen molar-refractivity contribution < 1.29 is 4.74 Å². The molecule has 138 valence electrons. The molecule has 1 nitrogen and oxygen atoms in total. The molecule has 0 bridgehead atoms. The van der Waals surface area contributed by atoms with Gasteiger partial charge in [-0.25, -0.2) is 0 Å². The summed E-state index contributed by atoms with van der Waals surface area (Å²) in [6, 6.07) is 41.4. The fraction of sp³-hybridized carbons (Fsp3) is 0.0769. The molecule has 0 radical (unpaired) electrons. The van der Waals surface area contributed by atoms with Crippen LogP contribution in [-0.4, -0.2) is 6.61 Å². The summed E-state index contributed by atoms with van der Waals surface area (Å²) in [4.78, 5) is 0. The summed E-state index contributed by atoms with van der Waals surface area (Å²) in [6.45, 7) is 2.69. The van der Waals surface area contributed by atoms with Crippen LogP contribution in [0.25, 0.3) is 0 Å². The Kier molecular flexibility index (Phi) is 5.55. The van der Waals surface area contributed by atoms with Crippen molar-refractivity contribution in [2.24, 2.45) is 0 Å². The molecule has 0 heterocycles. The zero-order chi connectivity index (χ0) is 19.2. The van der Waals surface area contributed by atoms with Crippen molar-refractivity contribution in [3.63, 3.8) is 0 Å². The molecule has 0 aromatic heterocycles. The zero-order valence-electron chi connectivity index (χ0n) is 16.0. The van der Waals surface area contributed by atoms with Gasteiger partial charge in [-0.3, -0.25) is 0 Å². The van der Waals surface area contributed by atoms with Gasteiger partial charge in [0.15, 0.2) is 0 Å². The van der Waals surface area contributed by atoms with Crippen LogP contribution in [0.15, 0.2) is 115 Å². The second-order valence-corrected chi connectivity index (χ2v) is 10.0. The van der Waals surface area contributed by atoms with Gasteiger partial charge in [0.1, 0.15) is 34.2 Å². The molecule has 4 aromatic rings. The lowest BCUT2D eigenvalue weighted by atomic mass is 10.3. The summed E-state index contributed by atoms with van der Waals surface area (Å²) in [5, 5.41) is 5.41. The summed E-state index contributed by atoms with van der Waals surface area (Å²) in [5.74, 6) is 0.915. The average Bonchev–Trinajstić information content (AvgIpc) is 2.78. The predicted molar refractivity (Wildman–Crippen MR) is 122 cm³/mol. The van der Waals surface area contributed by atoms with Crippen LogP contribution in [-0.2, 0) is 0 Å². The number of rotatable bonds is 6. The van der Waals surface area contributed by atoms with Gasteiger partial charge in [0, 0.05) is 0 Å². The van der Waals surface area contributed by atoms with Crippen LogP contribution in [0.2, 0.25) is 0 Å². The Morgan fingerprint density at radius 2 is 0.857 bits per heavy atom. The lowest BCUT2D eigenvalue weighted by Gasteiger charge is -2.27. The van der Waals surface area contributed by atoms with E-state index in [-0.39, 0.29) is 0 Å². The van der Waals surface area contributed by atoms with Crippen molar-refractivity contribution >= 4 is 28.5 Å². The summed E-state index contributed by atoms with van der Waals surface area (Å²) in [6.07, 6.45) is 0. The van der Waals surface area contributed by atoms with Gasteiger partial charge in [0.25, 0.3) is 0 Å². The minimum absolute atomic E-state index is 0.676. The van der Waals surface area contributed by atoms with E-state index in [1.54, 1.807) is 0 Å². The molecule has 0 spiro atoms. The molecular weight excluding hydrogens is 359 g/mol. The van der Waals surface area contributed by atoms with Crippen LogP contribution in [0.4, 0.5) is 0 Å². The van der Waals surface area contributed by atoms with Gasteiger partial charge in [-0.2, -0.15) is 0 Å². The van der Waals surface area contributed by atoms with Crippen molar-refractivity contribution in [3.05, 3.63) is 115 Å². The van der Waals surface area contributed by atoms with Gasteiger partial charge in [-0.15, -0.1) is 0 Å². The normalized spacial score (nSPS) is 11.2. The maximum Gasteiger partial charge on any atom is 0.144 e. The fourth-order valence-corrected chi connectivity index (χ4v) is 8.03. The maximum absolute atomic E-state index is 5.70. The Labute approximate surface area is 168 Å². The minimum atomic E-state index is -2.00. The van der Waals surface area contributed by atoms with Crippen LogP contribution in [0.3, 0.4) is 0 Å². The number of ether oxygens (including phenoxy) is 1. The van der Waals surface area contributed by atoms with Gasteiger partial charge in [-0.1, -0.05) is 54.6 Å². The third-order valence-electron chi connectivity index (χ3n) is 4.97. The molecule has 28 heavy (non-hydrogen) atoms. The average molecular weight is 383 g/mol. The van der Waals surface area contributed by atoms with E-state index in [1.807, 2.05) is 6.92 Å². The Morgan fingerprint density at radius 1 is 0.500 bits per heavy atom. The Bertz CT molecular complexity index is 900. The summed E-state index contributed by atoms with van der Waals surface area (Å²) < 4.78 is 5.70. The molecule has 0 atom stereocenters. The molecule has 0 fully saturated rings. The molecule has 0 aliphatic heterocycles. The molecule has 0 amide bonds. The first-order valence-electron chi connectivity index (χ1n) is 9.65. The SMILES string of the molecule is CCOc1ccc([P+](c2ccccc2)(c2ccccc2)c2ccccc2)cc1. The highest BCUT2D eigenvalue weighted by Crippen LogP contribution is 2.54. The summed E-state index contributed by atoms with van der Waals surface area (Å²) in [7, 11) is -2.00. The van der Waals surface area contributed by atoms with Crippen molar-refractivity contribution in [2.75, 3.05) is 6.61 Å². The first kappa shape index (κ1) is 18.5. The Hall–Kier alpha value is -2.89. The second-order valence-electron chi connectivity index (χ2n) is 6.60. The smallest absolute Gasteiger partial charge is 0.144 e. The quantitative estimate of drug-likeness (QED) is 0.439. The van der Waals surface area contributed by atoms with Gasteiger partial charge in [-0.05, 0) is 67.6 Å². The predicted octanol–water partition coefficient (Wildman–Crippen LogP) is 4.70. The largest absolute Gasteiger partial charge is 0.494 e. The minimum Gasteiger partial charge on any atom is -0.494 e. The fourth-order valence-electron chi connectivity index (χ4n) is 3.78. The van der Waals surface area contributed by atoms with Gasteiger partial charge in [0.2, 0.25) is 0 Å². The Morgan fingerprint density at radius 3 is 1.21 bits per heavy atom. The molecule has 0 N–H and O–H groups in total. The molecule has 0 unspecified atom stereocenters. The summed E-state index contributed by atoms with van der Waals surface area (Å²) in [5.41, 5.74) is 0. The van der Waals surface area contributed by atoms with Crippen molar-refractivity contribution in [3.8, 4) is 5.75 Å². The first-order chi connectivity index (χ1) is 13.9. The van der Waals surface area contributed by atoms with Crippen LogP contribution < -0.4 is 26.0 Å². The maximum atomic E-state index is 5.70. The van der Waals surface area contributed by atoms with Crippen LogP contribution >= 0.6 is 7.26 Å². The number of hydrogen-bond acceptors (Lipinski definition) is 1. The van der Waals surface area contributed by atoms with Gasteiger partial charge in [0.05, 0.1) is 6.61 Å². The molecule has 0 aliphatic rings. The van der Waals surface area contributed by atoms with E-state index in [9.17, 15) is 0 Å². The van der Waals surface area contributed by atoms with E-state index < -0.39 is 7.26 Å². The van der Waals surface area contributed by atoms with E-state index in [1.165, 1.54) is 21.2 Å². The Balaban J connectivity index is 2.04. The highest BCUT2D eigenvalue weighted by molar-refractivity contribution is 8.01. The third-order valence-corrected chi connectivity index (χ3v) is 9.26. The standard InChI is InChI=1S/C26H24OP/c1-2-27-22-18-20-26(21-19-22)28(23-12-6-3-7-13-23,24-14-8-4-9-15-24)25-16-10-5-11-17-25/h3-21H,2H2,1H3/q+1. The number of benzene rings is 4. The molecule has 0 saturated heterocycles. The highest BCUT2D eigenvalue weighted by atomic mass is 31.2. The topological polar surface area (TPSA) is 9.23 Å². The van der Waals surface area contributed by atoms with Crippen LogP contribution in [0.1, 0.15) is 6.92 Å². The van der Waals surface area contributed by atoms with E-state index in [4.69, 9.17) is 4.74 Å². The molecule has 0 saturated carbocycles. The van der Waals surface area contributed by atoms with Gasteiger partial charge < -0.3 is 4.74 Å². The molecule has 0 aliphatic carbocycles. The lowest BCUT2D eigenvalue weighted by Crippen LogP contribution is -2.38. The van der Waals surface area contributed by atoms with Crippen molar-refractivity contribution in [1.82, 2.24) is 0 Å². The van der Waals surface area contributed by atoms with Crippen molar-refractivity contribution in [1.29, 1.82) is 0 Å². The van der Waals surface area contributed by atoms with Crippen LogP contribution in [0.5, 0.6) is 5.75 Å². The molecule has 4 aromatic carbocycles. The molecule has 2 heteroatoms. The second kappa shape index (κ2) is 8.42. The monoisotopic (exact) mass is 383 g/mol. The van der Waals surface area contributed by atoms with Crippen molar-refractivity contribution in [2.45, 2.75) is 6.92 Å². The van der Waals surface area contributed by atoms with Crippen LogP contribution in [0, 0.1) is 0 Å². The molecular formula is C26H24OP+.